The van der Waals surface area contributed by atoms with Crippen molar-refractivity contribution in [3.05, 3.63) is 40.9 Å². The molecule has 2 aliphatic rings. The van der Waals surface area contributed by atoms with E-state index in [0.29, 0.717) is 37.1 Å². The van der Waals surface area contributed by atoms with Crippen LogP contribution in [0.5, 0.6) is 0 Å². The summed E-state index contributed by atoms with van der Waals surface area (Å²) in [4.78, 5) is 47.1. The first kappa shape index (κ1) is 25.8. The second-order valence-electron chi connectivity index (χ2n) is 8.81. The topological polar surface area (TPSA) is 264 Å². The first-order chi connectivity index (χ1) is 18.8. The van der Waals surface area contributed by atoms with Crippen LogP contribution in [0.15, 0.2) is 50.2 Å². The number of pyridine rings is 1. The molecule has 2 amide bonds. The van der Waals surface area contributed by atoms with E-state index in [2.05, 4.69) is 45.6 Å². The van der Waals surface area contributed by atoms with Gasteiger partial charge in [0.05, 0.1) is 17.6 Å². The van der Waals surface area contributed by atoms with Gasteiger partial charge in [0.25, 0.3) is 5.91 Å². The molecule has 0 saturated carbocycles. The number of guanidine groups is 1. The minimum absolute atomic E-state index is 0.0128. The standard InChI is InChI=1S/C20H23ClN16O2/c21-13-16(32-34-23)29-15(31-33-22)12(28-13)17(38)30-19-36(24)9-20(37(19)25)2-5-35(6-3-20)18(39)11-7-10-1-4-26-14(10)27-8-11/h1,4,7-8H,2-3,5-6,9,24-25H2,(H,26,27)(H4,22,23,29,31,32). The van der Waals surface area contributed by atoms with Crippen LogP contribution in [0.1, 0.15) is 33.7 Å². The fraction of sp³-hybridized carbons (Fsp3) is 0.300. The largest absolute Gasteiger partial charge is 0.346 e. The van der Waals surface area contributed by atoms with Gasteiger partial charge in [0.1, 0.15) is 5.65 Å². The molecular weight excluding hydrogens is 532 g/mol. The molecule has 2 fully saturated rings. The van der Waals surface area contributed by atoms with Crippen LogP contribution in [-0.4, -0.2) is 77.8 Å². The first-order valence-corrected chi connectivity index (χ1v) is 11.9. The van der Waals surface area contributed by atoms with Crippen LogP contribution in [0, 0.1) is 0 Å². The van der Waals surface area contributed by atoms with Gasteiger partial charge in [-0.1, -0.05) is 22.0 Å². The number of nitrogens with two attached hydrogens (primary N) is 4. The Kier molecular flexibility index (Phi) is 6.73. The van der Waals surface area contributed by atoms with Crippen LogP contribution in [0.4, 0.5) is 11.6 Å². The van der Waals surface area contributed by atoms with Gasteiger partial charge in [-0.25, -0.2) is 26.6 Å². The van der Waals surface area contributed by atoms with Crippen molar-refractivity contribution in [1.82, 2.24) is 34.9 Å². The third-order valence-electron chi connectivity index (χ3n) is 6.60. The number of aromatic nitrogens is 4. The summed E-state index contributed by atoms with van der Waals surface area (Å²) >= 11 is 6.03. The molecule has 5 heterocycles. The average molecular weight is 555 g/mol. The number of hydrogen-bond acceptors (Lipinski definition) is 11. The number of hydrazine groups is 2. The zero-order valence-corrected chi connectivity index (χ0v) is 21.0. The fourth-order valence-corrected chi connectivity index (χ4v) is 4.79. The highest BCUT2D eigenvalue weighted by molar-refractivity contribution is 6.31. The van der Waals surface area contributed by atoms with Crippen molar-refractivity contribution < 1.29 is 9.59 Å². The van der Waals surface area contributed by atoms with Gasteiger partial charge in [-0.3, -0.25) is 19.6 Å². The van der Waals surface area contributed by atoms with Crippen LogP contribution in [0.3, 0.4) is 0 Å². The summed E-state index contributed by atoms with van der Waals surface area (Å²) in [6.45, 7) is 1.09. The maximum Gasteiger partial charge on any atom is 0.302 e. The number of hydrogen-bond donors (Lipinski definition) is 5. The highest BCUT2D eigenvalue weighted by Crippen LogP contribution is 2.34. The molecule has 19 heteroatoms. The molecule has 0 atom stereocenters. The molecule has 2 saturated heterocycles. The Morgan fingerprint density at radius 3 is 2.51 bits per heavy atom. The zero-order valence-electron chi connectivity index (χ0n) is 20.3. The van der Waals surface area contributed by atoms with E-state index < -0.39 is 11.4 Å². The van der Waals surface area contributed by atoms with Crippen LogP contribution in [0.25, 0.3) is 11.0 Å². The third kappa shape index (κ3) is 4.67. The highest BCUT2D eigenvalue weighted by Gasteiger charge is 2.49. The molecule has 202 valence electrons. The zero-order chi connectivity index (χ0) is 27.7. The van der Waals surface area contributed by atoms with Gasteiger partial charge in [-0.2, -0.15) is 4.99 Å². The summed E-state index contributed by atoms with van der Waals surface area (Å²) in [5.74, 6) is 21.2. The number of aromatic amines is 1. The number of nitrogens with one attached hydrogen (secondary N) is 1. The van der Waals surface area contributed by atoms with E-state index in [9.17, 15) is 9.59 Å². The lowest BCUT2D eigenvalue weighted by Crippen LogP contribution is -2.58. The van der Waals surface area contributed by atoms with Crippen molar-refractivity contribution in [2.75, 3.05) is 19.6 Å². The summed E-state index contributed by atoms with van der Waals surface area (Å²) in [5.41, 5.74) is 0.171. The molecule has 3 aromatic rings. The molecule has 0 aromatic carbocycles. The molecule has 9 N–H and O–H groups in total. The van der Waals surface area contributed by atoms with Crippen molar-refractivity contribution in [2.24, 2.45) is 49.0 Å². The van der Waals surface area contributed by atoms with Gasteiger partial charge in [0, 0.05) is 30.9 Å². The number of amides is 2. The van der Waals surface area contributed by atoms with Gasteiger partial charge in [-0.05, 0) is 25.0 Å². The number of carbonyl (C=O) groups excluding carboxylic acids is 2. The molecular formula is C20H23ClN16O2. The van der Waals surface area contributed by atoms with Crippen molar-refractivity contribution in [2.45, 2.75) is 18.4 Å². The van der Waals surface area contributed by atoms with E-state index in [1.807, 2.05) is 6.07 Å². The summed E-state index contributed by atoms with van der Waals surface area (Å²) in [7, 11) is 0. The van der Waals surface area contributed by atoms with E-state index in [-0.39, 0.29) is 40.9 Å². The molecule has 2 aliphatic heterocycles. The van der Waals surface area contributed by atoms with Crippen LogP contribution >= 0.6 is 11.6 Å². The second-order valence-corrected chi connectivity index (χ2v) is 9.17. The van der Waals surface area contributed by atoms with Gasteiger partial charge in [0.15, 0.2) is 10.8 Å². The van der Waals surface area contributed by atoms with Crippen LogP contribution in [-0.2, 0) is 0 Å². The van der Waals surface area contributed by atoms with Gasteiger partial charge >= 0.3 is 5.91 Å². The van der Waals surface area contributed by atoms with E-state index in [1.54, 1.807) is 23.4 Å². The van der Waals surface area contributed by atoms with Crippen molar-refractivity contribution >= 4 is 52.0 Å². The lowest BCUT2D eigenvalue weighted by molar-refractivity contribution is 0.0537. The summed E-state index contributed by atoms with van der Waals surface area (Å²) in [6.07, 6.45) is 4.27. The monoisotopic (exact) mass is 554 g/mol. The molecule has 18 nitrogen and oxygen atoms in total. The van der Waals surface area contributed by atoms with E-state index in [1.165, 1.54) is 10.0 Å². The van der Waals surface area contributed by atoms with Crippen LogP contribution < -0.4 is 23.4 Å². The van der Waals surface area contributed by atoms with Crippen LogP contribution in [0.2, 0.25) is 5.15 Å². The number of fused-ring (bicyclic) bond motifs is 1. The average Bonchev–Trinajstić information content (AvgIpc) is 3.48. The third-order valence-corrected chi connectivity index (χ3v) is 6.86. The maximum atomic E-state index is 13.1. The molecule has 0 radical (unpaired) electrons. The molecule has 0 unspecified atom stereocenters. The first-order valence-electron chi connectivity index (χ1n) is 11.5. The molecule has 1 spiro atoms. The Morgan fingerprint density at radius 2 is 1.79 bits per heavy atom. The number of carbonyl (C=O) groups is 2. The minimum Gasteiger partial charge on any atom is -0.346 e. The Morgan fingerprint density at radius 1 is 1.08 bits per heavy atom. The van der Waals surface area contributed by atoms with E-state index in [0.717, 1.165) is 5.39 Å². The second kappa shape index (κ2) is 10.2. The Bertz CT molecular complexity index is 1530. The molecule has 39 heavy (non-hydrogen) atoms. The van der Waals surface area contributed by atoms with Crippen molar-refractivity contribution in [3.63, 3.8) is 0 Å². The van der Waals surface area contributed by atoms with Gasteiger partial charge in [-0.15, -0.1) is 10.2 Å². The van der Waals surface area contributed by atoms with E-state index >= 15 is 0 Å². The fourth-order valence-electron chi connectivity index (χ4n) is 4.62. The minimum atomic E-state index is -0.902. The highest BCUT2D eigenvalue weighted by atomic mass is 35.5. The Hall–Kier alpha value is -4.81. The Labute approximate surface area is 224 Å². The summed E-state index contributed by atoms with van der Waals surface area (Å²) in [6, 6.07) is 3.65. The SMILES string of the molecule is NN=Nc1nc(N=NN)c(C(=O)N=C2N(N)CC3(CCN(C(=O)c4cnc5[nH]ccc5c4)CC3)N2N)nc1Cl. The number of rotatable bonds is 4. The number of likely N-dealkylation sites (tertiary alicyclic amines) is 1. The predicted octanol–water partition coefficient (Wildman–Crippen LogP) is 0.457. The Balaban J connectivity index is 1.33. The maximum absolute atomic E-state index is 13.1. The van der Waals surface area contributed by atoms with Gasteiger partial charge in [0.2, 0.25) is 17.6 Å². The van der Waals surface area contributed by atoms with Crippen molar-refractivity contribution in [3.8, 4) is 0 Å². The lowest BCUT2D eigenvalue weighted by atomic mass is 9.87. The molecule has 0 bridgehead atoms. The van der Waals surface area contributed by atoms with Crippen molar-refractivity contribution in [1.29, 1.82) is 0 Å². The van der Waals surface area contributed by atoms with Gasteiger partial charge < -0.3 is 21.6 Å². The number of piperidine rings is 1. The predicted molar refractivity (Wildman–Crippen MR) is 137 cm³/mol. The molecule has 5 rings (SSSR count). The molecule has 3 aromatic heterocycles. The van der Waals surface area contributed by atoms with E-state index in [4.69, 9.17) is 35.0 Å². The normalized spacial score (nSPS) is 18.4. The lowest BCUT2D eigenvalue weighted by Gasteiger charge is -2.42. The number of aliphatic imine (C=N–C) groups is 1. The summed E-state index contributed by atoms with van der Waals surface area (Å²) < 4.78 is 0. The number of halogens is 1. The summed E-state index contributed by atoms with van der Waals surface area (Å²) in [5, 5.41) is 16.5. The molecule has 0 aliphatic carbocycles. The number of nitrogens with zero attached hydrogens (tertiary/aromatic N) is 11. The smallest absolute Gasteiger partial charge is 0.302 e. The quantitative estimate of drug-likeness (QED) is 0.168. The number of H-pyrrole nitrogens is 1.